The Morgan fingerprint density at radius 1 is 1.08 bits per heavy atom. The minimum absolute atomic E-state index is 0.0331. The first-order valence-electron chi connectivity index (χ1n) is 13.4. The van der Waals surface area contributed by atoms with Gasteiger partial charge in [0.25, 0.3) is 5.91 Å². The molecule has 208 valence electrons. The molecule has 1 atom stereocenters. The summed E-state index contributed by atoms with van der Waals surface area (Å²) in [6.45, 7) is 15.2. The molecule has 3 aromatic rings. The van der Waals surface area contributed by atoms with Gasteiger partial charge in [-0.15, -0.1) is 11.3 Å². The summed E-state index contributed by atoms with van der Waals surface area (Å²) in [6, 6.07) is 11.7. The van der Waals surface area contributed by atoms with Gasteiger partial charge < -0.3 is 15.0 Å². The van der Waals surface area contributed by atoms with Crippen LogP contribution in [-0.4, -0.2) is 46.6 Å². The Bertz CT molecular complexity index is 1370. The maximum atomic E-state index is 13.3. The quantitative estimate of drug-likeness (QED) is 0.348. The molecule has 4 rings (SSSR count). The highest BCUT2D eigenvalue weighted by Crippen LogP contribution is 2.40. The van der Waals surface area contributed by atoms with E-state index in [2.05, 4.69) is 50.1 Å². The molecule has 1 saturated heterocycles. The number of hydrogen-bond acceptors (Lipinski definition) is 5. The highest BCUT2D eigenvalue weighted by atomic mass is 35.5. The fraction of sp³-hybridized carbons (Fsp3) is 0.452. The SMILES string of the molecule is Cc1sc(-c2ccc(C(=O)N3CCC[C@H](NC(=O)OC(C)(C)C)C3)cc2Cl)cc1-c1ccnc(C(C)(C)C)c1. The van der Waals surface area contributed by atoms with Crippen molar-refractivity contribution >= 4 is 34.9 Å². The van der Waals surface area contributed by atoms with E-state index >= 15 is 0 Å². The summed E-state index contributed by atoms with van der Waals surface area (Å²) in [5.41, 5.74) is 4.19. The van der Waals surface area contributed by atoms with Gasteiger partial charge in [0.15, 0.2) is 0 Å². The number of ether oxygens (including phenoxy) is 1. The molecule has 1 aliphatic rings. The molecular weight excluding hydrogens is 530 g/mol. The van der Waals surface area contributed by atoms with Gasteiger partial charge in [0.2, 0.25) is 0 Å². The molecule has 2 amide bonds. The number of alkyl carbamates (subject to hydrolysis) is 1. The molecule has 0 radical (unpaired) electrons. The monoisotopic (exact) mass is 567 g/mol. The van der Waals surface area contributed by atoms with E-state index in [4.69, 9.17) is 16.3 Å². The summed E-state index contributed by atoms with van der Waals surface area (Å²) in [7, 11) is 0. The first-order chi connectivity index (χ1) is 18.2. The number of nitrogens with zero attached hydrogens (tertiary/aromatic N) is 2. The van der Waals surface area contributed by atoms with Crippen LogP contribution in [0.3, 0.4) is 0 Å². The number of hydrogen-bond donors (Lipinski definition) is 1. The lowest BCUT2D eigenvalue weighted by molar-refractivity contribution is 0.0452. The second kappa shape index (κ2) is 11.3. The highest BCUT2D eigenvalue weighted by molar-refractivity contribution is 7.16. The smallest absolute Gasteiger partial charge is 0.407 e. The Morgan fingerprint density at radius 3 is 2.49 bits per heavy atom. The van der Waals surface area contributed by atoms with Gasteiger partial charge in [-0.2, -0.15) is 0 Å². The van der Waals surface area contributed by atoms with Gasteiger partial charge in [-0.1, -0.05) is 38.4 Å². The predicted octanol–water partition coefficient (Wildman–Crippen LogP) is 7.87. The lowest BCUT2D eigenvalue weighted by Gasteiger charge is -2.33. The largest absolute Gasteiger partial charge is 0.444 e. The molecular formula is C31H38ClN3O3S. The Morgan fingerprint density at radius 2 is 1.82 bits per heavy atom. The minimum atomic E-state index is -0.567. The fourth-order valence-electron chi connectivity index (χ4n) is 4.69. The van der Waals surface area contributed by atoms with E-state index in [1.165, 1.54) is 4.88 Å². The molecule has 3 heterocycles. The van der Waals surface area contributed by atoms with E-state index in [0.29, 0.717) is 23.7 Å². The molecule has 1 N–H and O–H groups in total. The van der Waals surface area contributed by atoms with Crippen LogP contribution in [0.1, 0.15) is 75.3 Å². The number of aromatic nitrogens is 1. The van der Waals surface area contributed by atoms with Crippen LogP contribution in [0.4, 0.5) is 4.79 Å². The van der Waals surface area contributed by atoms with Crippen LogP contribution in [0.2, 0.25) is 5.02 Å². The van der Waals surface area contributed by atoms with Gasteiger partial charge in [0.05, 0.1) is 5.02 Å². The van der Waals surface area contributed by atoms with Crippen LogP contribution in [0.5, 0.6) is 0 Å². The first kappa shape index (κ1) is 29.1. The van der Waals surface area contributed by atoms with Crippen molar-refractivity contribution in [3.63, 3.8) is 0 Å². The third kappa shape index (κ3) is 7.20. The van der Waals surface area contributed by atoms with Crippen molar-refractivity contribution in [1.29, 1.82) is 0 Å². The number of pyridine rings is 1. The highest BCUT2D eigenvalue weighted by Gasteiger charge is 2.28. The summed E-state index contributed by atoms with van der Waals surface area (Å²) in [5, 5.41) is 3.44. The number of likely N-dealkylation sites (tertiary alicyclic amines) is 1. The predicted molar refractivity (Wildman–Crippen MR) is 160 cm³/mol. The number of halogens is 1. The van der Waals surface area contributed by atoms with Crippen LogP contribution in [0.15, 0.2) is 42.6 Å². The molecule has 1 fully saturated rings. The normalized spacial score (nSPS) is 16.2. The molecule has 0 aliphatic carbocycles. The zero-order chi connectivity index (χ0) is 28.5. The molecule has 0 unspecified atom stereocenters. The van der Waals surface area contributed by atoms with Crippen molar-refractivity contribution in [2.45, 2.75) is 78.4 Å². The summed E-state index contributed by atoms with van der Waals surface area (Å²) >= 11 is 8.44. The van der Waals surface area contributed by atoms with E-state index in [0.717, 1.165) is 40.1 Å². The van der Waals surface area contributed by atoms with Crippen LogP contribution < -0.4 is 5.32 Å². The molecule has 0 bridgehead atoms. The maximum Gasteiger partial charge on any atom is 0.407 e. The van der Waals surface area contributed by atoms with Crippen molar-refractivity contribution in [2.24, 2.45) is 0 Å². The second-order valence-corrected chi connectivity index (χ2v) is 13.9. The van der Waals surface area contributed by atoms with Crippen LogP contribution >= 0.6 is 22.9 Å². The summed E-state index contributed by atoms with van der Waals surface area (Å²) < 4.78 is 5.38. The molecule has 6 nitrogen and oxygen atoms in total. The van der Waals surface area contributed by atoms with E-state index in [1.807, 2.05) is 45.2 Å². The topological polar surface area (TPSA) is 71.5 Å². The number of rotatable bonds is 4. The molecule has 0 saturated carbocycles. The van der Waals surface area contributed by atoms with Crippen LogP contribution in [-0.2, 0) is 10.2 Å². The third-order valence-electron chi connectivity index (χ3n) is 6.67. The van der Waals surface area contributed by atoms with Gasteiger partial charge in [-0.05, 0) is 82.0 Å². The molecule has 8 heteroatoms. The van der Waals surface area contributed by atoms with E-state index in [-0.39, 0.29) is 17.4 Å². The van der Waals surface area contributed by atoms with Gasteiger partial charge in [-0.3, -0.25) is 9.78 Å². The zero-order valence-corrected chi connectivity index (χ0v) is 25.4. The number of piperidine rings is 1. The van der Waals surface area contributed by atoms with Crippen molar-refractivity contribution in [3.05, 3.63) is 63.8 Å². The Balaban J connectivity index is 1.50. The van der Waals surface area contributed by atoms with Crippen molar-refractivity contribution < 1.29 is 14.3 Å². The Labute approximate surface area is 240 Å². The van der Waals surface area contributed by atoms with Crippen molar-refractivity contribution in [1.82, 2.24) is 15.2 Å². The van der Waals surface area contributed by atoms with E-state index in [1.54, 1.807) is 22.3 Å². The second-order valence-electron chi connectivity index (χ2n) is 12.2. The Hall–Kier alpha value is -2.90. The number of nitrogens with one attached hydrogen (secondary N) is 1. The molecule has 0 spiro atoms. The Kier molecular flexibility index (Phi) is 8.43. The number of benzene rings is 1. The van der Waals surface area contributed by atoms with Gasteiger partial charge in [-0.25, -0.2) is 4.79 Å². The number of amides is 2. The number of aryl methyl sites for hydroxylation is 1. The lowest BCUT2D eigenvalue weighted by Crippen LogP contribution is -2.50. The zero-order valence-electron chi connectivity index (χ0n) is 23.9. The maximum absolute atomic E-state index is 13.3. The lowest BCUT2D eigenvalue weighted by atomic mass is 9.90. The average Bonchev–Trinajstić information content (AvgIpc) is 3.23. The fourth-order valence-corrected chi connectivity index (χ4v) is 6.11. The summed E-state index contributed by atoms with van der Waals surface area (Å²) in [4.78, 5) is 34.1. The third-order valence-corrected chi connectivity index (χ3v) is 8.06. The minimum Gasteiger partial charge on any atom is -0.444 e. The molecule has 1 aromatic carbocycles. The first-order valence-corrected chi connectivity index (χ1v) is 14.6. The average molecular weight is 568 g/mol. The molecule has 1 aliphatic heterocycles. The van der Waals surface area contributed by atoms with Crippen LogP contribution in [0, 0.1) is 6.92 Å². The summed E-state index contributed by atoms with van der Waals surface area (Å²) in [5.74, 6) is -0.0892. The number of thiophene rings is 1. The molecule has 39 heavy (non-hydrogen) atoms. The number of carbonyl (C=O) groups excluding carboxylic acids is 2. The standard InChI is InChI=1S/C31H38ClN3O3S/c1-19-24(20-12-13-33-27(16-20)30(2,3)4)17-26(39-19)23-11-10-21(15-25(23)32)28(36)35-14-8-9-22(18-35)34-29(37)38-31(5,6)7/h10-13,15-17,22H,8-9,14,18H2,1-7H3,(H,34,37)/t22-/m0/s1. The molecule has 2 aromatic heterocycles. The summed E-state index contributed by atoms with van der Waals surface area (Å²) in [6.07, 6.45) is 3.02. The van der Waals surface area contributed by atoms with Crippen molar-refractivity contribution in [2.75, 3.05) is 13.1 Å². The van der Waals surface area contributed by atoms with Crippen LogP contribution in [0.25, 0.3) is 21.6 Å². The van der Waals surface area contributed by atoms with Crippen molar-refractivity contribution in [3.8, 4) is 21.6 Å². The van der Waals surface area contributed by atoms with E-state index in [9.17, 15) is 9.59 Å². The van der Waals surface area contributed by atoms with Gasteiger partial charge >= 0.3 is 6.09 Å². The van der Waals surface area contributed by atoms with Gasteiger partial charge in [0, 0.05) is 57.3 Å². The number of carbonyl (C=O) groups is 2. The van der Waals surface area contributed by atoms with E-state index < -0.39 is 11.7 Å². The van der Waals surface area contributed by atoms with Gasteiger partial charge in [0.1, 0.15) is 5.60 Å².